The van der Waals surface area contributed by atoms with Crippen molar-refractivity contribution in [2.75, 3.05) is 5.73 Å². The van der Waals surface area contributed by atoms with Crippen molar-refractivity contribution in [2.45, 2.75) is 26.2 Å². The van der Waals surface area contributed by atoms with Gasteiger partial charge in [0, 0.05) is 23.7 Å². The van der Waals surface area contributed by atoms with Crippen LogP contribution < -0.4 is 5.73 Å². The van der Waals surface area contributed by atoms with Crippen LogP contribution >= 0.6 is 11.6 Å². The number of aryl methyl sites for hydroxylation is 1. The first-order valence-corrected chi connectivity index (χ1v) is 6.50. The Morgan fingerprint density at radius 1 is 1.39 bits per heavy atom. The third-order valence-corrected chi connectivity index (χ3v) is 3.68. The second-order valence-corrected chi connectivity index (χ2v) is 5.03. The number of benzene rings is 1. The van der Waals surface area contributed by atoms with Gasteiger partial charge >= 0.3 is 0 Å². The summed E-state index contributed by atoms with van der Waals surface area (Å²) in [5, 5.41) is 5.15. The number of hydrogen-bond acceptors (Lipinski definition) is 2. The lowest BCUT2D eigenvalue weighted by molar-refractivity contribution is 0.734. The molecule has 1 unspecified atom stereocenters. The molecule has 1 atom stereocenters. The molecule has 0 spiro atoms. The molecule has 0 aliphatic rings. The molecule has 0 amide bonds. The molecule has 0 radical (unpaired) electrons. The molecule has 18 heavy (non-hydrogen) atoms. The smallest absolute Gasteiger partial charge is 0.121 e. The SMILES string of the molecule is CCC(C)c1ccc(-c2cc(N)n(C)n2)cc1Cl. The van der Waals surface area contributed by atoms with Crippen LogP contribution in [0.25, 0.3) is 11.3 Å². The Bertz CT molecular complexity index is 541. The fourth-order valence-electron chi connectivity index (χ4n) is 1.93. The Morgan fingerprint density at radius 2 is 2.11 bits per heavy atom. The summed E-state index contributed by atoms with van der Waals surface area (Å²) >= 11 is 6.33. The molecule has 2 rings (SSSR count). The lowest BCUT2D eigenvalue weighted by atomic mass is 9.97. The predicted molar refractivity (Wildman–Crippen MR) is 76.8 cm³/mol. The van der Waals surface area contributed by atoms with E-state index in [1.165, 1.54) is 5.56 Å². The Labute approximate surface area is 113 Å². The van der Waals surface area contributed by atoms with E-state index >= 15 is 0 Å². The van der Waals surface area contributed by atoms with Gasteiger partial charge in [0.2, 0.25) is 0 Å². The molecule has 4 heteroatoms. The van der Waals surface area contributed by atoms with Crippen molar-refractivity contribution in [2.24, 2.45) is 7.05 Å². The van der Waals surface area contributed by atoms with E-state index in [2.05, 4.69) is 31.1 Å². The molecule has 0 bridgehead atoms. The van der Waals surface area contributed by atoms with Gasteiger partial charge in [-0.3, -0.25) is 4.68 Å². The molecular formula is C14H18ClN3. The molecule has 0 aliphatic heterocycles. The summed E-state index contributed by atoms with van der Waals surface area (Å²) in [5.41, 5.74) is 8.82. The zero-order valence-electron chi connectivity index (χ0n) is 10.9. The van der Waals surface area contributed by atoms with Crippen LogP contribution in [-0.2, 0) is 7.05 Å². The first kappa shape index (κ1) is 13.0. The van der Waals surface area contributed by atoms with Crippen molar-refractivity contribution in [3.05, 3.63) is 34.9 Å². The van der Waals surface area contributed by atoms with Crippen molar-refractivity contribution in [1.29, 1.82) is 0 Å². The van der Waals surface area contributed by atoms with E-state index in [0.717, 1.165) is 22.7 Å². The third-order valence-electron chi connectivity index (χ3n) is 3.36. The van der Waals surface area contributed by atoms with Gasteiger partial charge in [0.25, 0.3) is 0 Å². The highest BCUT2D eigenvalue weighted by molar-refractivity contribution is 6.31. The van der Waals surface area contributed by atoms with Crippen LogP contribution in [0, 0.1) is 0 Å². The van der Waals surface area contributed by atoms with Crippen molar-refractivity contribution in [3.8, 4) is 11.3 Å². The molecule has 1 aromatic heterocycles. The van der Waals surface area contributed by atoms with Gasteiger partial charge in [0.05, 0.1) is 5.69 Å². The van der Waals surface area contributed by atoms with Gasteiger partial charge in [0.1, 0.15) is 5.82 Å². The molecule has 2 N–H and O–H groups in total. The van der Waals surface area contributed by atoms with Gasteiger partial charge in [-0.2, -0.15) is 5.10 Å². The average Bonchev–Trinajstić information content (AvgIpc) is 2.68. The summed E-state index contributed by atoms with van der Waals surface area (Å²) in [4.78, 5) is 0. The van der Waals surface area contributed by atoms with E-state index < -0.39 is 0 Å². The summed E-state index contributed by atoms with van der Waals surface area (Å²) in [5.74, 6) is 1.12. The van der Waals surface area contributed by atoms with Crippen molar-refractivity contribution in [3.63, 3.8) is 0 Å². The second kappa shape index (κ2) is 5.02. The minimum absolute atomic E-state index is 0.473. The fourth-order valence-corrected chi connectivity index (χ4v) is 2.30. The van der Waals surface area contributed by atoms with Crippen molar-refractivity contribution >= 4 is 17.4 Å². The molecule has 0 saturated carbocycles. The zero-order valence-corrected chi connectivity index (χ0v) is 11.7. The normalized spacial score (nSPS) is 12.7. The zero-order chi connectivity index (χ0) is 13.3. The van der Waals surface area contributed by atoms with E-state index in [9.17, 15) is 0 Å². The van der Waals surface area contributed by atoms with E-state index in [4.69, 9.17) is 17.3 Å². The molecule has 0 fully saturated rings. The van der Waals surface area contributed by atoms with E-state index in [-0.39, 0.29) is 0 Å². The summed E-state index contributed by atoms with van der Waals surface area (Å²) in [6.07, 6.45) is 1.08. The Balaban J connectivity index is 2.40. The maximum atomic E-state index is 6.33. The third kappa shape index (κ3) is 2.36. The number of anilines is 1. The average molecular weight is 264 g/mol. The van der Waals surface area contributed by atoms with E-state index in [1.807, 2.05) is 19.2 Å². The molecule has 1 heterocycles. The Kier molecular flexibility index (Phi) is 3.62. The Morgan fingerprint density at radius 3 is 2.61 bits per heavy atom. The minimum Gasteiger partial charge on any atom is -0.384 e. The van der Waals surface area contributed by atoms with Gasteiger partial charge < -0.3 is 5.73 Å². The highest BCUT2D eigenvalue weighted by atomic mass is 35.5. The first-order valence-electron chi connectivity index (χ1n) is 6.12. The van der Waals surface area contributed by atoms with Gasteiger partial charge in [-0.15, -0.1) is 0 Å². The highest BCUT2D eigenvalue weighted by Crippen LogP contribution is 2.31. The number of halogens is 1. The van der Waals surface area contributed by atoms with Crippen LogP contribution in [0.3, 0.4) is 0 Å². The maximum Gasteiger partial charge on any atom is 0.121 e. The largest absolute Gasteiger partial charge is 0.384 e. The van der Waals surface area contributed by atoms with Crippen LogP contribution in [0.2, 0.25) is 5.02 Å². The molecule has 1 aromatic carbocycles. The second-order valence-electron chi connectivity index (χ2n) is 4.62. The molecule has 3 nitrogen and oxygen atoms in total. The topological polar surface area (TPSA) is 43.8 Å². The van der Waals surface area contributed by atoms with E-state index in [0.29, 0.717) is 11.7 Å². The molecule has 2 aromatic rings. The molecule has 0 saturated heterocycles. The van der Waals surface area contributed by atoms with Crippen LogP contribution in [0.15, 0.2) is 24.3 Å². The van der Waals surface area contributed by atoms with Crippen molar-refractivity contribution in [1.82, 2.24) is 9.78 Å². The monoisotopic (exact) mass is 263 g/mol. The van der Waals surface area contributed by atoms with Gasteiger partial charge in [-0.05, 0) is 24.0 Å². The number of nitrogens with two attached hydrogens (primary N) is 1. The number of aromatic nitrogens is 2. The first-order chi connectivity index (χ1) is 8.52. The highest BCUT2D eigenvalue weighted by Gasteiger charge is 2.11. The molecule has 0 aliphatic carbocycles. The summed E-state index contributed by atoms with van der Waals surface area (Å²) in [6, 6.07) is 7.95. The van der Waals surface area contributed by atoms with Crippen LogP contribution in [0.1, 0.15) is 31.7 Å². The lowest BCUT2D eigenvalue weighted by Crippen LogP contribution is -1.96. The number of hydrogen-bond donors (Lipinski definition) is 1. The summed E-state index contributed by atoms with van der Waals surface area (Å²) in [6.45, 7) is 4.34. The van der Waals surface area contributed by atoms with Crippen LogP contribution in [-0.4, -0.2) is 9.78 Å². The predicted octanol–water partition coefficient (Wildman–Crippen LogP) is 3.84. The number of nitrogen functional groups attached to an aromatic ring is 1. The minimum atomic E-state index is 0.473. The van der Waals surface area contributed by atoms with Gasteiger partial charge in [0.15, 0.2) is 0 Å². The lowest BCUT2D eigenvalue weighted by Gasteiger charge is -2.11. The standard InChI is InChI=1S/C14H18ClN3/c1-4-9(2)11-6-5-10(7-12(11)15)13-8-14(16)18(3)17-13/h5-9H,4,16H2,1-3H3. The van der Waals surface area contributed by atoms with Crippen molar-refractivity contribution < 1.29 is 0 Å². The van der Waals surface area contributed by atoms with Crippen LogP contribution in [0.4, 0.5) is 5.82 Å². The summed E-state index contributed by atoms with van der Waals surface area (Å²) in [7, 11) is 1.83. The number of nitrogens with zero attached hydrogens (tertiary/aromatic N) is 2. The van der Waals surface area contributed by atoms with Gasteiger partial charge in [-0.25, -0.2) is 0 Å². The summed E-state index contributed by atoms with van der Waals surface area (Å²) < 4.78 is 1.66. The molecular weight excluding hydrogens is 246 g/mol. The quantitative estimate of drug-likeness (QED) is 0.914. The van der Waals surface area contributed by atoms with E-state index in [1.54, 1.807) is 4.68 Å². The maximum absolute atomic E-state index is 6.33. The fraction of sp³-hybridized carbons (Fsp3) is 0.357. The Hall–Kier alpha value is -1.48. The molecule has 96 valence electrons. The number of rotatable bonds is 3. The van der Waals surface area contributed by atoms with Gasteiger partial charge in [-0.1, -0.05) is 37.6 Å². The van der Waals surface area contributed by atoms with Crippen LogP contribution in [0.5, 0.6) is 0 Å².